The molecule has 0 heterocycles. The van der Waals surface area contributed by atoms with Gasteiger partial charge >= 0.3 is 0 Å². The van der Waals surface area contributed by atoms with E-state index >= 15 is 0 Å². The summed E-state index contributed by atoms with van der Waals surface area (Å²) in [6, 6.07) is 9.91. The van der Waals surface area contributed by atoms with Gasteiger partial charge in [0.05, 0.1) is 4.75 Å². The Kier molecular flexibility index (Phi) is 5.73. The molecule has 0 saturated carbocycles. The third-order valence-electron chi connectivity index (χ3n) is 2.94. The number of benzene rings is 1. The van der Waals surface area contributed by atoms with Gasteiger partial charge in [-0.1, -0.05) is 37.3 Å². The Morgan fingerprint density at radius 2 is 1.84 bits per heavy atom. The second-order valence-electron chi connectivity index (χ2n) is 5.64. The molecule has 0 spiro atoms. The van der Waals surface area contributed by atoms with E-state index in [1.54, 1.807) is 0 Å². The van der Waals surface area contributed by atoms with Crippen LogP contribution in [0.1, 0.15) is 39.7 Å². The normalized spacial score (nSPS) is 14.7. The van der Waals surface area contributed by atoms with Gasteiger partial charge in [0.1, 0.15) is 11.0 Å². The molecule has 1 aromatic rings. The zero-order chi connectivity index (χ0) is 14.5. The molecule has 0 fully saturated rings. The van der Waals surface area contributed by atoms with Gasteiger partial charge in [-0.2, -0.15) is 0 Å². The van der Waals surface area contributed by atoms with E-state index in [0.29, 0.717) is 6.42 Å². The van der Waals surface area contributed by atoms with Crippen LogP contribution in [0, 0.1) is 5.92 Å². The molecule has 2 atom stereocenters. The van der Waals surface area contributed by atoms with Gasteiger partial charge in [-0.05, 0) is 39.2 Å². The summed E-state index contributed by atoms with van der Waals surface area (Å²) in [5.74, 6) is -0.256. The highest BCUT2D eigenvalue weighted by Gasteiger charge is 2.25. The number of nitrogens with one attached hydrogen (secondary N) is 1. The standard InChI is InChI=1S/C15H23NO2S/c1-5-13(11-12-9-7-6-8-10-12)14(17)16-19(18)15(2,3)4/h6-10,13H,5,11H2,1-4H3,(H,16,17)/t13-,19?/m1/s1. The second-order valence-corrected chi connectivity index (χ2v) is 7.61. The van der Waals surface area contributed by atoms with E-state index < -0.39 is 15.7 Å². The molecule has 3 nitrogen and oxygen atoms in total. The number of amides is 1. The first-order chi connectivity index (χ1) is 8.84. The maximum atomic E-state index is 12.1. The molecule has 1 N–H and O–H groups in total. The van der Waals surface area contributed by atoms with Crippen LogP contribution in [0.15, 0.2) is 30.3 Å². The molecule has 19 heavy (non-hydrogen) atoms. The van der Waals surface area contributed by atoms with Crippen LogP contribution in [0.4, 0.5) is 0 Å². The minimum Gasteiger partial charge on any atom is -0.274 e. The van der Waals surface area contributed by atoms with Gasteiger partial charge in [0.15, 0.2) is 0 Å². The monoisotopic (exact) mass is 281 g/mol. The van der Waals surface area contributed by atoms with Crippen molar-refractivity contribution >= 4 is 16.9 Å². The van der Waals surface area contributed by atoms with E-state index in [-0.39, 0.29) is 11.8 Å². The van der Waals surface area contributed by atoms with E-state index in [4.69, 9.17) is 0 Å². The smallest absolute Gasteiger partial charge is 0.235 e. The van der Waals surface area contributed by atoms with E-state index in [1.807, 2.05) is 58.0 Å². The van der Waals surface area contributed by atoms with Crippen LogP contribution in [0.2, 0.25) is 0 Å². The fraction of sp³-hybridized carbons (Fsp3) is 0.533. The predicted molar refractivity (Wildman–Crippen MR) is 80.0 cm³/mol. The maximum Gasteiger partial charge on any atom is 0.235 e. The highest BCUT2D eigenvalue weighted by atomic mass is 32.2. The molecule has 1 amide bonds. The van der Waals surface area contributed by atoms with Crippen molar-refractivity contribution in [3.05, 3.63) is 35.9 Å². The topological polar surface area (TPSA) is 46.2 Å². The Bertz CT molecular complexity index is 437. The van der Waals surface area contributed by atoms with Crippen LogP contribution in [-0.2, 0) is 22.2 Å². The molecule has 0 aliphatic rings. The first-order valence-electron chi connectivity index (χ1n) is 6.61. The first kappa shape index (κ1) is 15.9. The molecule has 0 saturated heterocycles. The van der Waals surface area contributed by atoms with Gasteiger partial charge in [-0.3, -0.25) is 9.52 Å². The van der Waals surface area contributed by atoms with Crippen molar-refractivity contribution in [1.29, 1.82) is 0 Å². The summed E-state index contributed by atoms with van der Waals surface area (Å²) in [4.78, 5) is 12.1. The molecule has 4 heteroatoms. The number of hydrogen-bond acceptors (Lipinski definition) is 2. The van der Waals surface area contributed by atoms with Crippen LogP contribution in [0.25, 0.3) is 0 Å². The van der Waals surface area contributed by atoms with Gasteiger partial charge in [0.2, 0.25) is 5.91 Å². The Hall–Kier alpha value is -1.16. The fourth-order valence-electron chi connectivity index (χ4n) is 1.65. The van der Waals surface area contributed by atoms with E-state index in [9.17, 15) is 9.00 Å². The highest BCUT2D eigenvalue weighted by Crippen LogP contribution is 2.14. The first-order valence-corrected chi connectivity index (χ1v) is 7.76. The Morgan fingerprint density at radius 3 is 2.32 bits per heavy atom. The molecular weight excluding hydrogens is 258 g/mol. The zero-order valence-electron chi connectivity index (χ0n) is 12.1. The van der Waals surface area contributed by atoms with E-state index in [2.05, 4.69) is 4.72 Å². The highest BCUT2D eigenvalue weighted by molar-refractivity contribution is 7.85. The lowest BCUT2D eigenvalue weighted by Gasteiger charge is -2.21. The Labute approximate surface area is 118 Å². The molecular formula is C15H23NO2S. The minimum absolute atomic E-state index is 0.125. The molecule has 0 aliphatic carbocycles. The summed E-state index contributed by atoms with van der Waals surface area (Å²) in [6.45, 7) is 7.53. The van der Waals surface area contributed by atoms with Crippen LogP contribution >= 0.6 is 0 Å². The summed E-state index contributed by atoms with van der Waals surface area (Å²) in [7, 11) is -1.35. The van der Waals surface area contributed by atoms with Gasteiger partial charge < -0.3 is 0 Å². The van der Waals surface area contributed by atoms with Gasteiger partial charge in [0, 0.05) is 5.92 Å². The Morgan fingerprint density at radius 1 is 1.26 bits per heavy atom. The Balaban J connectivity index is 2.65. The lowest BCUT2D eigenvalue weighted by atomic mass is 9.96. The predicted octanol–water partition coefficient (Wildman–Crippen LogP) is 2.83. The summed E-state index contributed by atoms with van der Waals surface area (Å²) < 4.78 is 14.1. The lowest BCUT2D eigenvalue weighted by Crippen LogP contribution is -2.40. The van der Waals surface area contributed by atoms with Crippen molar-refractivity contribution < 1.29 is 9.00 Å². The van der Waals surface area contributed by atoms with Crippen molar-refractivity contribution in [1.82, 2.24) is 4.72 Å². The summed E-state index contributed by atoms with van der Waals surface area (Å²) in [5, 5.41) is 0. The van der Waals surface area contributed by atoms with Crippen LogP contribution in [-0.4, -0.2) is 14.9 Å². The third-order valence-corrected chi connectivity index (χ3v) is 4.44. The van der Waals surface area contributed by atoms with Crippen molar-refractivity contribution in [2.45, 2.75) is 45.3 Å². The molecule has 1 aromatic carbocycles. The second kappa shape index (κ2) is 6.85. The van der Waals surface area contributed by atoms with Gasteiger partial charge in [-0.25, -0.2) is 4.21 Å². The van der Waals surface area contributed by atoms with E-state index in [1.165, 1.54) is 0 Å². The van der Waals surface area contributed by atoms with Crippen LogP contribution < -0.4 is 4.72 Å². The van der Waals surface area contributed by atoms with E-state index in [0.717, 1.165) is 12.0 Å². The molecule has 0 radical (unpaired) electrons. The minimum atomic E-state index is -1.35. The number of rotatable bonds is 5. The van der Waals surface area contributed by atoms with Crippen molar-refractivity contribution in [3.63, 3.8) is 0 Å². The molecule has 0 aliphatic heterocycles. The van der Waals surface area contributed by atoms with Crippen molar-refractivity contribution in [3.8, 4) is 0 Å². The SMILES string of the molecule is CC[C@H](Cc1ccccc1)C(=O)NS(=O)C(C)(C)C. The number of carbonyl (C=O) groups excluding carboxylic acids is 1. The van der Waals surface area contributed by atoms with Crippen molar-refractivity contribution in [2.24, 2.45) is 5.92 Å². The summed E-state index contributed by atoms with van der Waals surface area (Å²) in [6.07, 6.45) is 1.42. The average Bonchev–Trinajstić information content (AvgIpc) is 2.35. The summed E-state index contributed by atoms with van der Waals surface area (Å²) >= 11 is 0. The molecule has 0 bridgehead atoms. The quantitative estimate of drug-likeness (QED) is 0.902. The molecule has 106 valence electrons. The average molecular weight is 281 g/mol. The van der Waals surface area contributed by atoms with Crippen LogP contribution in [0.5, 0.6) is 0 Å². The largest absolute Gasteiger partial charge is 0.274 e. The number of carbonyl (C=O) groups is 1. The molecule has 1 rings (SSSR count). The van der Waals surface area contributed by atoms with Crippen molar-refractivity contribution in [2.75, 3.05) is 0 Å². The zero-order valence-corrected chi connectivity index (χ0v) is 12.9. The molecule has 1 unspecified atom stereocenters. The maximum absolute atomic E-state index is 12.1. The lowest BCUT2D eigenvalue weighted by molar-refractivity contribution is -0.123. The van der Waals surface area contributed by atoms with Gasteiger partial charge in [0.25, 0.3) is 0 Å². The number of hydrogen-bond donors (Lipinski definition) is 1. The van der Waals surface area contributed by atoms with Gasteiger partial charge in [-0.15, -0.1) is 0 Å². The van der Waals surface area contributed by atoms with Crippen LogP contribution in [0.3, 0.4) is 0 Å². The third kappa shape index (κ3) is 5.15. The summed E-state index contributed by atoms with van der Waals surface area (Å²) in [5.41, 5.74) is 1.13. The molecule has 0 aromatic heterocycles. The fourth-order valence-corrected chi connectivity index (χ4v) is 2.30.